The number of ether oxygens (including phenoxy) is 1. The van der Waals surface area contributed by atoms with Gasteiger partial charge in [-0.15, -0.1) is 0 Å². The van der Waals surface area contributed by atoms with Gasteiger partial charge in [0, 0.05) is 31.7 Å². The summed E-state index contributed by atoms with van der Waals surface area (Å²) < 4.78 is 4.80. The Hall–Kier alpha value is -0.300. The van der Waals surface area contributed by atoms with E-state index in [2.05, 4.69) is 10.6 Å². The molecule has 1 aliphatic heterocycles. The van der Waals surface area contributed by atoms with Crippen LogP contribution in [0.5, 0.6) is 0 Å². The van der Waals surface area contributed by atoms with Crippen molar-refractivity contribution in [3.8, 4) is 0 Å². The first-order valence-electron chi connectivity index (χ1n) is 5.50. The van der Waals surface area contributed by atoms with Gasteiger partial charge in [-0.3, -0.25) is 4.79 Å². The number of methoxy groups -OCH3 is 1. The number of hydrogen-bond acceptors (Lipinski definition) is 5. The summed E-state index contributed by atoms with van der Waals surface area (Å²) in [7, 11) is 1.55. The third kappa shape index (κ3) is 5.16. The Morgan fingerprint density at radius 1 is 1.75 bits per heavy atom. The van der Waals surface area contributed by atoms with E-state index in [0.29, 0.717) is 19.6 Å². The smallest absolute Gasteiger partial charge is 0.237 e. The second-order valence-electron chi connectivity index (χ2n) is 3.77. The summed E-state index contributed by atoms with van der Waals surface area (Å²) in [4.78, 5) is 11.6. The van der Waals surface area contributed by atoms with Gasteiger partial charge in [-0.05, 0) is 6.42 Å². The molecule has 1 amide bonds. The van der Waals surface area contributed by atoms with E-state index in [4.69, 9.17) is 4.74 Å². The predicted octanol–water partition coefficient (Wildman–Crippen LogP) is -0.795. The van der Waals surface area contributed by atoms with Gasteiger partial charge < -0.3 is 20.5 Å². The second-order valence-corrected chi connectivity index (χ2v) is 4.92. The lowest BCUT2D eigenvalue weighted by Gasteiger charge is -2.22. The molecule has 1 heterocycles. The third-order valence-electron chi connectivity index (χ3n) is 2.37. The first kappa shape index (κ1) is 13.8. The van der Waals surface area contributed by atoms with Crippen LogP contribution in [0.4, 0.5) is 0 Å². The molecule has 0 aromatic rings. The van der Waals surface area contributed by atoms with Crippen LogP contribution in [0.2, 0.25) is 0 Å². The standard InChI is InChI=1S/C10H20N2O3S/c1-15-6-8(13)2-3-12-10(14)9-7-16-5-4-11-9/h8-9,11,13H,2-7H2,1H3,(H,12,14). The molecule has 1 saturated heterocycles. The lowest BCUT2D eigenvalue weighted by Crippen LogP contribution is -2.49. The summed E-state index contributed by atoms with van der Waals surface area (Å²) in [6, 6.07) is -0.0849. The molecular weight excluding hydrogens is 228 g/mol. The van der Waals surface area contributed by atoms with Crippen LogP contribution in [0.15, 0.2) is 0 Å². The van der Waals surface area contributed by atoms with Crippen LogP contribution in [0.25, 0.3) is 0 Å². The first-order chi connectivity index (χ1) is 7.74. The molecule has 0 aromatic heterocycles. The summed E-state index contributed by atoms with van der Waals surface area (Å²) in [6.07, 6.45) is 0.0263. The number of carbonyl (C=O) groups is 1. The fourth-order valence-corrected chi connectivity index (χ4v) is 2.43. The highest BCUT2D eigenvalue weighted by atomic mass is 32.2. The predicted molar refractivity (Wildman–Crippen MR) is 64.6 cm³/mol. The van der Waals surface area contributed by atoms with E-state index in [0.717, 1.165) is 18.1 Å². The molecule has 0 aliphatic carbocycles. The van der Waals surface area contributed by atoms with Crippen LogP contribution in [-0.4, -0.2) is 61.5 Å². The number of aliphatic hydroxyl groups excluding tert-OH is 1. The fraction of sp³-hybridized carbons (Fsp3) is 0.900. The van der Waals surface area contributed by atoms with Gasteiger partial charge in [0.15, 0.2) is 0 Å². The molecule has 1 aliphatic rings. The first-order valence-corrected chi connectivity index (χ1v) is 6.65. The van der Waals surface area contributed by atoms with E-state index < -0.39 is 6.10 Å². The molecule has 1 fully saturated rings. The number of nitrogens with one attached hydrogen (secondary N) is 2. The second kappa shape index (κ2) is 7.89. The fourth-order valence-electron chi connectivity index (χ4n) is 1.49. The Labute approximate surface area is 100 Å². The summed E-state index contributed by atoms with van der Waals surface area (Å²) in [5, 5.41) is 15.3. The molecule has 6 heteroatoms. The molecule has 0 saturated carbocycles. The van der Waals surface area contributed by atoms with Gasteiger partial charge >= 0.3 is 0 Å². The molecule has 2 unspecified atom stereocenters. The van der Waals surface area contributed by atoms with Crippen LogP contribution in [0, 0.1) is 0 Å². The normalized spacial score (nSPS) is 22.8. The minimum absolute atomic E-state index is 0.0248. The highest BCUT2D eigenvalue weighted by Crippen LogP contribution is 2.07. The topological polar surface area (TPSA) is 70.6 Å². The number of hydrogen-bond donors (Lipinski definition) is 3. The van der Waals surface area contributed by atoms with Gasteiger partial charge in [-0.2, -0.15) is 11.8 Å². The Morgan fingerprint density at radius 3 is 3.19 bits per heavy atom. The van der Waals surface area contributed by atoms with Gasteiger partial charge in [0.05, 0.1) is 18.8 Å². The SMILES string of the molecule is COCC(O)CCNC(=O)C1CSCCN1. The zero-order chi connectivity index (χ0) is 11.8. The highest BCUT2D eigenvalue weighted by Gasteiger charge is 2.20. The Kier molecular flexibility index (Phi) is 6.79. The minimum atomic E-state index is -0.501. The minimum Gasteiger partial charge on any atom is -0.391 e. The summed E-state index contributed by atoms with van der Waals surface area (Å²) in [5.41, 5.74) is 0. The molecule has 0 bridgehead atoms. The average Bonchev–Trinajstić information content (AvgIpc) is 2.30. The van der Waals surface area contributed by atoms with Gasteiger partial charge in [0.25, 0.3) is 0 Å². The number of amides is 1. The van der Waals surface area contributed by atoms with E-state index in [1.54, 1.807) is 18.9 Å². The van der Waals surface area contributed by atoms with E-state index in [-0.39, 0.29) is 11.9 Å². The largest absolute Gasteiger partial charge is 0.391 e. The zero-order valence-corrected chi connectivity index (χ0v) is 10.4. The van der Waals surface area contributed by atoms with Crippen molar-refractivity contribution in [2.75, 3.05) is 38.3 Å². The summed E-state index contributed by atoms with van der Waals surface area (Å²) >= 11 is 1.79. The quantitative estimate of drug-likeness (QED) is 0.574. The van der Waals surface area contributed by atoms with E-state index in [1.165, 1.54) is 0 Å². The van der Waals surface area contributed by atoms with Crippen molar-refractivity contribution < 1.29 is 14.6 Å². The monoisotopic (exact) mass is 248 g/mol. The maximum Gasteiger partial charge on any atom is 0.237 e. The molecule has 0 aromatic carbocycles. The number of aliphatic hydroxyl groups is 1. The third-order valence-corrected chi connectivity index (χ3v) is 3.44. The molecule has 2 atom stereocenters. The van der Waals surface area contributed by atoms with Gasteiger partial charge in [0.2, 0.25) is 5.91 Å². The Balaban J connectivity index is 2.09. The Morgan fingerprint density at radius 2 is 2.56 bits per heavy atom. The number of carbonyl (C=O) groups excluding carboxylic acids is 1. The highest BCUT2D eigenvalue weighted by molar-refractivity contribution is 7.99. The molecule has 94 valence electrons. The number of thioether (sulfide) groups is 1. The van der Waals surface area contributed by atoms with Crippen molar-refractivity contribution in [3.63, 3.8) is 0 Å². The molecular formula is C10H20N2O3S. The van der Waals surface area contributed by atoms with E-state index in [9.17, 15) is 9.90 Å². The maximum absolute atomic E-state index is 11.6. The van der Waals surface area contributed by atoms with Gasteiger partial charge in [-0.1, -0.05) is 0 Å². The Bertz CT molecular complexity index is 210. The van der Waals surface area contributed by atoms with E-state index >= 15 is 0 Å². The van der Waals surface area contributed by atoms with Crippen LogP contribution in [-0.2, 0) is 9.53 Å². The van der Waals surface area contributed by atoms with Crippen LogP contribution >= 0.6 is 11.8 Å². The summed E-state index contributed by atoms with van der Waals surface area (Å²) in [6.45, 7) is 1.69. The summed E-state index contributed by atoms with van der Waals surface area (Å²) in [5.74, 6) is 1.92. The van der Waals surface area contributed by atoms with Crippen molar-refractivity contribution in [1.29, 1.82) is 0 Å². The number of rotatable bonds is 6. The molecule has 5 nitrogen and oxygen atoms in total. The van der Waals surface area contributed by atoms with Gasteiger partial charge in [-0.25, -0.2) is 0 Å². The lowest BCUT2D eigenvalue weighted by molar-refractivity contribution is -0.122. The maximum atomic E-state index is 11.6. The van der Waals surface area contributed by atoms with Crippen molar-refractivity contribution in [2.24, 2.45) is 0 Å². The molecule has 0 radical (unpaired) electrons. The van der Waals surface area contributed by atoms with Crippen molar-refractivity contribution in [1.82, 2.24) is 10.6 Å². The van der Waals surface area contributed by atoms with Crippen LogP contribution < -0.4 is 10.6 Å². The van der Waals surface area contributed by atoms with E-state index in [1.807, 2.05) is 0 Å². The average molecular weight is 248 g/mol. The van der Waals surface area contributed by atoms with Crippen LogP contribution in [0.1, 0.15) is 6.42 Å². The van der Waals surface area contributed by atoms with Crippen LogP contribution in [0.3, 0.4) is 0 Å². The molecule has 16 heavy (non-hydrogen) atoms. The van der Waals surface area contributed by atoms with Crippen molar-refractivity contribution in [2.45, 2.75) is 18.6 Å². The molecule has 3 N–H and O–H groups in total. The lowest BCUT2D eigenvalue weighted by atomic mass is 10.2. The molecule has 0 spiro atoms. The van der Waals surface area contributed by atoms with Crippen molar-refractivity contribution >= 4 is 17.7 Å². The van der Waals surface area contributed by atoms with Gasteiger partial charge in [0.1, 0.15) is 0 Å². The zero-order valence-electron chi connectivity index (χ0n) is 9.57. The van der Waals surface area contributed by atoms with Crippen molar-refractivity contribution in [3.05, 3.63) is 0 Å². The molecule has 1 rings (SSSR count).